The number of nitrogens with one attached hydrogen (secondary N) is 2. The van der Waals surface area contributed by atoms with Crippen LogP contribution in [0.15, 0.2) is 27.7 Å². The van der Waals surface area contributed by atoms with Crippen molar-refractivity contribution in [2.75, 3.05) is 24.4 Å². The number of aromatic hydroxyl groups is 1. The van der Waals surface area contributed by atoms with Gasteiger partial charge in [-0.05, 0) is 63.1 Å². The monoisotopic (exact) mass is 599 g/mol. The molecule has 2 saturated heterocycles. The topological polar surface area (TPSA) is 117 Å². The molecule has 1 aromatic heterocycles. The van der Waals surface area contributed by atoms with E-state index in [9.17, 15) is 18.3 Å². The van der Waals surface area contributed by atoms with Crippen molar-refractivity contribution >= 4 is 49.3 Å². The molecule has 1 saturated carbocycles. The van der Waals surface area contributed by atoms with Crippen LogP contribution in [-0.2, 0) is 10.0 Å². The Balaban J connectivity index is 1.38. The summed E-state index contributed by atoms with van der Waals surface area (Å²) in [4.78, 5) is 19.5. The Hall–Kier alpha value is -1.82. The number of phenolic OH excluding ortho intramolecular Hbond substituents is 1. The predicted octanol–water partition coefficient (Wildman–Crippen LogP) is 4.52. The second-order valence-electron chi connectivity index (χ2n) is 9.97. The largest absolute Gasteiger partial charge is 0.505 e. The first-order valence-corrected chi connectivity index (χ1v) is 15.2. The van der Waals surface area contributed by atoms with Crippen LogP contribution < -0.4 is 10.0 Å². The van der Waals surface area contributed by atoms with E-state index in [1.165, 1.54) is 25.0 Å². The number of imidazole rings is 1. The summed E-state index contributed by atoms with van der Waals surface area (Å²) < 4.78 is 30.9. The number of nitrogens with zero attached hydrogens (tertiary/aromatic N) is 3. The van der Waals surface area contributed by atoms with Crippen LogP contribution >= 0.6 is 27.5 Å². The molecule has 3 fully saturated rings. The maximum absolute atomic E-state index is 13.6. The van der Waals surface area contributed by atoms with E-state index in [2.05, 4.69) is 31.0 Å². The molecule has 1 amide bonds. The zero-order chi connectivity index (χ0) is 25.4. The van der Waals surface area contributed by atoms with Gasteiger partial charge in [0, 0.05) is 35.8 Å². The average molecular weight is 601 g/mol. The van der Waals surface area contributed by atoms with Crippen molar-refractivity contribution in [1.82, 2.24) is 19.8 Å². The van der Waals surface area contributed by atoms with Crippen LogP contribution in [0.4, 0.5) is 5.82 Å². The Morgan fingerprint density at radius 1 is 1.14 bits per heavy atom. The van der Waals surface area contributed by atoms with Crippen molar-refractivity contribution in [1.29, 1.82) is 0 Å². The third kappa shape index (κ3) is 5.25. The number of anilines is 1. The number of benzene rings is 1. The Labute approximate surface area is 224 Å². The molecule has 12 heteroatoms. The number of halogens is 2. The Morgan fingerprint density at radius 3 is 2.53 bits per heavy atom. The van der Waals surface area contributed by atoms with E-state index in [1.54, 1.807) is 6.20 Å². The molecule has 1 aromatic carbocycles. The molecule has 5 rings (SSSR count). The molecule has 196 valence electrons. The van der Waals surface area contributed by atoms with Gasteiger partial charge in [0.25, 0.3) is 15.9 Å². The third-order valence-corrected chi connectivity index (χ3v) is 9.77. The molecule has 1 aliphatic carbocycles. The van der Waals surface area contributed by atoms with Gasteiger partial charge in [-0.3, -0.25) is 9.52 Å². The minimum atomic E-state index is -4.21. The van der Waals surface area contributed by atoms with E-state index >= 15 is 0 Å². The first kappa shape index (κ1) is 25.8. The number of rotatable bonds is 6. The Kier molecular flexibility index (Phi) is 7.54. The van der Waals surface area contributed by atoms with Crippen molar-refractivity contribution in [2.24, 2.45) is 5.92 Å². The molecule has 0 spiro atoms. The molecule has 2 aromatic rings. The lowest BCUT2D eigenvalue weighted by Crippen LogP contribution is -2.44. The lowest BCUT2D eigenvalue weighted by atomic mass is 9.88. The number of hydrogen-bond acceptors (Lipinski definition) is 6. The highest BCUT2D eigenvalue weighted by Crippen LogP contribution is 2.36. The van der Waals surface area contributed by atoms with Crippen LogP contribution in [0.5, 0.6) is 5.75 Å². The van der Waals surface area contributed by atoms with Crippen molar-refractivity contribution in [3.8, 4) is 5.75 Å². The summed E-state index contributed by atoms with van der Waals surface area (Å²) in [7, 11) is -4.21. The SMILES string of the molecule is O=C(c1nc(NS(=O)(=O)c2cc(Br)cc(Cl)c2O)cn1C1CCCC1)N1CCC(C2CCCN2)CC1. The van der Waals surface area contributed by atoms with Crippen LogP contribution in [0.25, 0.3) is 0 Å². The van der Waals surface area contributed by atoms with Crippen LogP contribution in [0, 0.1) is 5.92 Å². The molecule has 3 aliphatic rings. The van der Waals surface area contributed by atoms with Crippen LogP contribution in [0.3, 0.4) is 0 Å². The van der Waals surface area contributed by atoms with Gasteiger partial charge in [-0.1, -0.05) is 40.4 Å². The van der Waals surface area contributed by atoms with Gasteiger partial charge in [0.05, 0.1) is 5.02 Å². The fourth-order valence-corrected chi connectivity index (χ4v) is 7.91. The molecular weight excluding hydrogens is 570 g/mol. The van der Waals surface area contributed by atoms with Crippen molar-refractivity contribution in [3.05, 3.63) is 33.6 Å². The maximum Gasteiger partial charge on any atom is 0.289 e. The average Bonchev–Trinajstić information content (AvgIpc) is 3.62. The highest BCUT2D eigenvalue weighted by Gasteiger charge is 2.33. The maximum atomic E-state index is 13.6. The number of likely N-dealkylation sites (tertiary alicyclic amines) is 1. The quantitative estimate of drug-likeness (QED) is 0.449. The van der Waals surface area contributed by atoms with Gasteiger partial charge in [0.2, 0.25) is 5.82 Å². The standard InChI is InChI=1S/C24H31BrClN5O4S/c25-16-12-18(26)22(32)20(13-16)36(34,35)29-21-14-31(17-4-1-2-5-17)23(28-21)24(33)30-10-7-15(8-11-30)19-6-3-9-27-19/h12-15,17,19,27,29,32H,1-11H2. The number of carbonyl (C=O) groups excluding carboxylic acids is 1. The van der Waals surface area contributed by atoms with E-state index in [0.29, 0.717) is 29.5 Å². The molecule has 1 atom stereocenters. The zero-order valence-electron chi connectivity index (χ0n) is 19.9. The van der Waals surface area contributed by atoms with E-state index in [1.807, 2.05) is 9.47 Å². The summed E-state index contributed by atoms with van der Waals surface area (Å²) in [5.41, 5.74) is 0. The van der Waals surface area contributed by atoms with Gasteiger partial charge in [0.15, 0.2) is 11.6 Å². The second-order valence-corrected chi connectivity index (χ2v) is 12.9. The molecule has 3 N–H and O–H groups in total. The van der Waals surface area contributed by atoms with Crippen molar-refractivity contribution in [3.63, 3.8) is 0 Å². The summed E-state index contributed by atoms with van der Waals surface area (Å²) in [6, 6.07) is 3.33. The van der Waals surface area contributed by atoms with Gasteiger partial charge in [-0.2, -0.15) is 0 Å². The van der Waals surface area contributed by atoms with E-state index < -0.39 is 15.8 Å². The smallest absolute Gasteiger partial charge is 0.289 e. The lowest BCUT2D eigenvalue weighted by molar-refractivity contribution is 0.0654. The zero-order valence-corrected chi connectivity index (χ0v) is 23.1. The highest BCUT2D eigenvalue weighted by molar-refractivity contribution is 9.10. The fourth-order valence-electron chi connectivity index (χ4n) is 5.76. The van der Waals surface area contributed by atoms with E-state index in [0.717, 1.165) is 45.1 Å². The van der Waals surface area contributed by atoms with Gasteiger partial charge >= 0.3 is 0 Å². The van der Waals surface area contributed by atoms with Gasteiger partial charge < -0.3 is 19.9 Å². The van der Waals surface area contributed by atoms with Crippen LogP contribution in [0.2, 0.25) is 5.02 Å². The van der Waals surface area contributed by atoms with Crippen molar-refractivity contribution < 1.29 is 18.3 Å². The summed E-state index contributed by atoms with van der Waals surface area (Å²) in [5.74, 6) is 0.176. The summed E-state index contributed by atoms with van der Waals surface area (Å²) in [6.07, 6.45) is 9.88. The minimum absolute atomic E-state index is 0.0470. The molecule has 1 unspecified atom stereocenters. The summed E-state index contributed by atoms with van der Waals surface area (Å²) in [6.45, 7) is 2.42. The molecule has 0 bridgehead atoms. The minimum Gasteiger partial charge on any atom is -0.505 e. The number of hydrogen-bond donors (Lipinski definition) is 3. The lowest BCUT2D eigenvalue weighted by Gasteiger charge is -2.35. The number of sulfonamides is 1. The summed E-state index contributed by atoms with van der Waals surface area (Å²) >= 11 is 9.19. The number of piperidine rings is 1. The molecule has 36 heavy (non-hydrogen) atoms. The van der Waals surface area contributed by atoms with Gasteiger partial charge in [-0.25, -0.2) is 13.4 Å². The van der Waals surface area contributed by atoms with Crippen LogP contribution in [0.1, 0.15) is 68.0 Å². The molecule has 0 radical (unpaired) electrons. The first-order valence-electron chi connectivity index (χ1n) is 12.6. The van der Waals surface area contributed by atoms with Gasteiger partial charge in [-0.15, -0.1) is 0 Å². The number of carbonyl (C=O) groups is 1. The van der Waals surface area contributed by atoms with Crippen LogP contribution in [-0.4, -0.2) is 59.6 Å². The molecule has 9 nitrogen and oxygen atoms in total. The normalized spacial score (nSPS) is 21.8. The first-order chi connectivity index (χ1) is 17.2. The van der Waals surface area contributed by atoms with E-state index in [4.69, 9.17) is 11.6 Å². The molecule has 3 heterocycles. The second kappa shape index (κ2) is 10.5. The molecule has 2 aliphatic heterocycles. The predicted molar refractivity (Wildman–Crippen MR) is 141 cm³/mol. The van der Waals surface area contributed by atoms with Crippen molar-refractivity contribution in [2.45, 2.75) is 68.3 Å². The Bertz CT molecular complexity index is 1230. The van der Waals surface area contributed by atoms with E-state index in [-0.39, 0.29) is 33.5 Å². The summed E-state index contributed by atoms with van der Waals surface area (Å²) in [5, 5.41) is 13.8. The number of phenols is 1. The number of amides is 1. The Morgan fingerprint density at radius 2 is 1.86 bits per heavy atom. The highest BCUT2D eigenvalue weighted by atomic mass is 79.9. The number of aromatic nitrogens is 2. The van der Waals surface area contributed by atoms with Gasteiger partial charge in [0.1, 0.15) is 4.90 Å². The third-order valence-electron chi connectivity index (χ3n) is 7.66. The fraction of sp³-hybridized carbons (Fsp3) is 0.583. The molecular formula is C24H31BrClN5O4S.